The summed E-state index contributed by atoms with van der Waals surface area (Å²) in [5.74, 6) is 0. The van der Waals surface area contributed by atoms with E-state index in [4.69, 9.17) is 0 Å². The minimum Gasteiger partial charge on any atom is -0.361 e. The highest BCUT2D eigenvalue weighted by Crippen LogP contribution is 2.16. The highest BCUT2D eigenvalue weighted by molar-refractivity contribution is 7.87. The molecule has 110 valence electrons. The third-order valence-corrected chi connectivity index (χ3v) is 4.60. The maximum atomic E-state index is 11.5. The fourth-order valence-corrected chi connectivity index (χ4v) is 2.54. The molecule has 0 aliphatic carbocycles. The van der Waals surface area contributed by atoms with Gasteiger partial charge < -0.3 is 10.3 Å². The third-order valence-electron chi connectivity index (χ3n) is 3.07. The van der Waals surface area contributed by atoms with Gasteiger partial charge in [0.2, 0.25) is 0 Å². The van der Waals surface area contributed by atoms with Crippen LogP contribution in [-0.2, 0) is 16.8 Å². The van der Waals surface area contributed by atoms with Crippen molar-refractivity contribution >= 4 is 21.1 Å². The second-order valence-corrected chi connectivity index (χ2v) is 6.68. The van der Waals surface area contributed by atoms with E-state index in [1.54, 1.807) is 0 Å². The monoisotopic (exact) mass is 296 g/mol. The lowest BCUT2D eigenvalue weighted by atomic mass is 10.1. The number of hydrogen-bond donors (Lipinski definition) is 3. The van der Waals surface area contributed by atoms with Crippen LogP contribution in [0.2, 0.25) is 0 Å². The van der Waals surface area contributed by atoms with E-state index in [9.17, 15) is 8.42 Å². The molecule has 0 atom stereocenters. The van der Waals surface area contributed by atoms with Crippen LogP contribution in [0.15, 0.2) is 30.5 Å². The van der Waals surface area contributed by atoms with Crippen molar-refractivity contribution in [3.8, 4) is 0 Å². The molecule has 0 unspecified atom stereocenters. The summed E-state index contributed by atoms with van der Waals surface area (Å²) in [6.07, 6.45) is 1.92. The Labute approximate surface area is 119 Å². The van der Waals surface area contributed by atoms with Crippen molar-refractivity contribution in [1.82, 2.24) is 19.3 Å². The first-order valence-electron chi connectivity index (χ1n) is 6.43. The number of H-pyrrole nitrogens is 1. The summed E-state index contributed by atoms with van der Waals surface area (Å²) in [5, 5.41) is 4.42. The van der Waals surface area contributed by atoms with Crippen molar-refractivity contribution in [3.63, 3.8) is 0 Å². The van der Waals surface area contributed by atoms with Crippen molar-refractivity contribution in [3.05, 3.63) is 36.0 Å². The number of benzene rings is 1. The lowest BCUT2D eigenvalue weighted by molar-refractivity contribution is 0.503. The number of rotatable bonds is 7. The Morgan fingerprint density at radius 2 is 2.00 bits per heavy atom. The van der Waals surface area contributed by atoms with Crippen LogP contribution in [0.25, 0.3) is 10.9 Å². The molecule has 1 aromatic carbocycles. The molecule has 0 saturated carbocycles. The zero-order valence-electron chi connectivity index (χ0n) is 11.7. The summed E-state index contributed by atoms with van der Waals surface area (Å²) in [6.45, 7) is 1.65. The van der Waals surface area contributed by atoms with Gasteiger partial charge in [0.05, 0.1) is 0 Å². The summed E-state index contributed by atoms with van der Waals surface area (Å²) >= 11 is 0. The summed E-state index contributed by atoms with van der Waals surface area (Å²) in [6, 6.07) is 8.14. The minimum atomic E-state index is -3.33. The summed E-state index contributed by atoms with van der Waals surface area (Å²) in [7, 11) is -0.326. The summed E-state index contributed by atoms with van der Waals surface area (Å²) in [4.78, 5) is 3.17. The smallest absolute Gasteiger partial charge is 0.278 e. The van der Waals surface area contributed by atoms with Crippen molar-refractivity contribution in [1.29, 1.82) is 0 Å². The van der Waals surface area contributed by atoms with Crippen LogP contribution in [0.3, 0.4) is 0 Å². The molecule has 3 N–H and O–H groups in total. The van der Waals surface area contributed by atoms with Gasteiger partial charge in [0.1, 0.15) is 0 Å². The Bertz CT molecular complexity index is 664. The Balaban J connectivity index is 1.81. The number of fused-ring (bicyclic) bond motifs is 1. The first-order valence-corrected chi connectivity index (χ1v) is 7.87. The average Bonchev–Trinajstić information content (AvgIpc) is 2.87. The zero-order valence-corrected chi connectivity index (χ0v) is 12.5. The van der Waals surface area contributed by atoms with Crippen molar-refractivity contribution in [2.24, 2.45) is 0 Å². The molecule has 20 heavy (non-hydrogen) atoms. The topological polar surface area (TPSA) is 77.2 Å². The molecule has 0 amide bonds. The van der Waals surface area contributed by atoms with Gasteiger partial charge in [-0.05, 0) is 17.7 Å². The van der Waals surface area contributed by atoms with Gasteiger partial charge in [0.15, 0.2) is 0 Å². The van der Waals surface area contributed by atoms with Crippen LogP contribution in [0.1, 0.15) is 5.56 Å². The Morgan fingerprint density at radius 1 is 1.20 bits per heavy atom. The van der Waals surface area contributed by atoms with E-state index in [1.807, 2.05) is 24.4 Å². The fourth-order valence-electron chi connectivity index (χ4n) is 1.93. The van der Waals surface area contributed by atoms with Gasteiger partial charge in [-0.1, -0.05) is 12.1 Å². The van der Waals surface area contributed by atoms with E-state index >= 15 is 0 Å². The lowest BCUT2D eigenvalue weighted by Crippen LogP contribution is -2.39. The average molecular weight is 296 g/mol. The van der Waals surface area contributed by atoms with Crippen molar-refractivity contribution in [2.75, 3.05) is 27.2 Å². The van der Waals surface area contributed by atoms with Gasteiger partial charge >= 0.3 is 0 Å². The largest absolute Gasteiger partial charge is 0.361 e. The van der Waals surface area contributed by atoms with Crippen molar-refractivity contribution < 1.29 is 8.42 Å². The predicted octanol–water partition coefficient (Wildman–Crippen LogP) is 0.654. The number of aromatic nitrogens is 1. The molecule has 0 aliphatic heterocycles. The van der Waals surface area contributed by atoms with Gasteiger partial charge in [-0.2, -0.15) is 12.7 Å². The highest BCUT2D eigenvalue weighted by atomic mass is 32.2. The molecular formula is C13H20N4O2S. The SMILES string of the molecule is CN(C)S(=O)(=O)NCCNCc1cccc2[nH]ccc12. The molecule has 7 heteroatoms. The number of hydrogen-bond acceptors (Lipinski definition) is 3. The number of nitrogens with zero attached hydrogens (tertiary/aromatic N) is 1. The van der Waals surface area contributed by atoms with E-state index in [2.05, 4.69) is 21.1 Å². The second-order valence-electron chi connectivity index (χ2n) is 4.71. The second kappa shape index (κ2) is 6.36. The molecule has 0 saturated heterocycles. The van der Waals surface area contributed by atoms with E-state index in [1.165, 1.54) is 25.0 Å². The summed E-state index contributed by atoms with van der Waals surface area (Å²) < 4.78 is 26.6. The van der Waals surface area contributed by atoms with Crippen LogP contribution in [0.5, 0.6) is 0 Å². The molecule has 2 aromatic rings. The van der Waals surface area contributed by atoms with Gasteiger partial charge in [-0.25, -0.2) is 4.72 Å². The van der Waals surface area contributed by atoms with E-state index < -0.39 is 10.2 Å². The van der Waals surface area contributed by atoms with Gasteiger partial charge in [-0.3, -0.25) is 0 Å². The predicted molar refractivity (Wildman–Crippen MR) is 80.6 cm³/mol. The zero-order chi connectivity index (χ0) is 14.6. The van der Waals surface area contributed by atoms with Crippen LogP contribution < -0.4 is 10.0 Å². The standard InChI is InChI=1S/C13H20N4O2S/c1-17(2)20(18,19)16-9-8-14-10-11-4-3-5-13-12(11)6-7-15-13/h3-7,14-16H,8-10H2,1-2H3. The van der Waals surface area contributed by atoms with Gasteiger partial charge in [0.25, 0.3) is 10.2 Å². The normalized spacial score (nSPS) is 12.3. The van der Waals surface area contributed by atoms with Crippen LogP contribution in [0, 0.1) is 0 Å². The maximum absolute atomic E-state index is 11.5. The molecule has 6 nitrogen and oxygen atoms in total. The molecule has 0 fully saturated rings. The Morgan fingerprint density at radius 3 is 2.75 bits per heavy atom. The molecule has 1 aromatic heterocycles. The minimum absolute atomic E-state index is 0.365. The highest BCUT2D eigenvalue weighted by Gasteiger charge is 2.11. The molecule has 2 rings (SSSR count). The molecule has 0 radical (unpaired) electrons. The lowest BCUT2D eigenvalue weighted by Gasteiger charge is -2.12. The molecule has 1 heterocycles. The van der Waals surface area contributed by atoms with E-state index in [0.29, 0.717) is 19.6 Å². The van der Waals surface area contributed by atoms with Crippen LogP contribution in [0.4, 0.5) is 0 Å². The van der Waals surface area contributed by atoms with E-state index in [-0.39, 0.29) is 0 Å². The van der Waals surface area contributed by atoms with Gasteiger partial charge in [0, 0.05) is 50.8 Å². The summed E-state index contributed by atoms with van der Waals surface area (Å²) in [5.41, 5.74) is 2.30. The van der Waals surface area contributed by atoms with E-state index in [0.717, 1.165) is 9.82 Å². The van der Waals surface area contributed by atoms with Crippen LogP contribution >= 0.6 is 0 Å². The van der Waals surface area contributed by atoms with Gasteiger partial charge in [-0.15, -0.1) is 0 Å². The Kier molecular flexibility index (Phi) is 4.77. The number of nitrogens with one attached hydrogen (secondary N) is 3. The van der Waals surface area contributed by atoms with Crippen LogP contribution in [-0.4, -0.2) is 44.9 Å². The molecule has 0 aliphatic rings. The number of aromatic amines is 1. The fraction of sp³-hybridized carbons (Fsp3) is 0.385. The molecular weight excluding hydrogens is 276 g/mol. The third kappa shape index (κ3) is 3.57. The molecule has 0 spiro atoms. The first kappa shape index (κ1) is 15.0. The molecule has 0 bridgehead atoms. The quantitative estimate of drug-likeness (QED) is 0.657. The first-order chi connectivity index (χ1) is 9.50. The Hall–Kier alpha value is -1.41. The maximum Gasteiger partial charge on any atom is 0.278 e. The van der Waals surface area contributed by atoms with Crippen molar-refractivity contribution in [2.45, 2.75) is 6.54 Å².